The lowest BCUT2D eigenvalue weighted by molar-refractivity contribution is 0.102. The smallest absolute Gasteiger partial charge is 0.322 e. The number of benzene rings is 1. The van der Waals surface area contributed by atoms with Crippen LogP contribution in [0.25, 0.3) is 11.6 Å². The summed E-state index contributed by atoms with van der Waals surface area (Å²) in [6.45, 7) is 6.92. The predicted molar refractivity (Wildman–Crippen MR) is 124 cm³/mol. The van der Waals surface area contributed by atoms with Crippen molar-refractivity contribution in [2.45, 2.75) is 51.3 Å². The summed E-state index contributed by atoms with van der Waals surface area (Å²) in [4.78, 5) is 12.7. The number of unbranched alkanes of at least 4 members (excludes halogenated alkanes) is 2. The first kappa shape index (κ1) is 24.6. The molecule has 1 N–H and O–H groups in total. The minimum atomic E-state index is -3.62. The predicted octanol–water partition coefficient (Wildman–Crippen LogP) is 3.62. The van der Waals surface area contributed by atoms with Crippen molar-refractivity contribution in [1.29, 1.82) is 0 Å². The maximum Gasteiger partial charge on any atom is 0.322 e. The Labute approximate surface area is 194 Å². The highest BCUT2D eigenvalue weighted by molar-refractivity contribution is 7.89. The van der Waals surface area contributed by atoms with Gasteiger partial charge in [0.25, 0.3) is 11.8 Å². The topological polar surface area (TPSA) is 123 Å². The highest BCUT2D eigenvalue weighted by Crippen LogP contribution is 2.21. The van der Waals surface area contributed by atoms with Crippen LogP contribution in [-0.4, -0.2) is 51.7 Å². The molecule has 3 aromatic rings. The van der Waals surface area contributed by atoms with Crippen LogP contribution in [0.5, 0.6) is 0 Å². The molecule has 2 aromatic heterocycles. The molecule has 0 radical (unpaired) electrons. The number of carbonyl (C=O) groups is 1. The molecule has 0 aliphatic carbocycles. The maximum atomic E-state index is 13.1. The average molecular weight is 475 g/mol. The van der Waals surface area contributed by atoms with Gasteiger partial charge in [0.15, 0.2) is 0 Å². The number of carbonyl (C=O) groups excluding carboxylic acids is 1. The largest absolute Gasteiger partial charge is 0.401 e. The third-order valence-corrected chi connectivity index (χ3v) is 7.17. The number of sulfonamides is 1. The molecule has 0 aliphatic rings. The van der Waals surface area contributed by atoms with Gasteiger partial charge in [-0.25, -0.2) is 8.42 Å². The molecule has 0 fully saturated rings. The van der Waals surface area contributed by atoms with E-state index in [1.54, 1.807) is 17.8 Å². The second-order valence-corrected chi connectivity index (χ2v) is 9.73. The van der Waals surface area contributed by atoms with Crippen molar-refractivity contribution >= 4 is 21.9 Å². The number of rotatable bonds is 11. The lowest BCUT2D eigenvalue weighted by Gasteiger charge is -2.22. The van der Waals surface area contributed by atoms with Crippen LogP contribution < -0.4 is 5.32 Å². The van der Waals surface area contributed by atoms with Gasteiger partial charge in [-0.15, -0.1) is 5.10 Å². The number of nitrogens with zero attached hydrogens (tertiary/aromatic N) is 5. The van der Waals surface area contributed by atoms with Gasteiger partial charge in [-0.05, 0) is 50.1 Å². The van der Waals surface area contributed by atoms with Gasteiger partial charge in [0.1, 0.15) is 5.69 Å². The molecule has 0 unspecified atom stereocenters. The van der Waals surface area contributed by atoms with E-state index in [-0.39, 0.29) is 22.4 Å². The van der Waals surface area contributed by atoms with Gasteiger partial charge in [0, 0.05) is 31.4 Å². The minimum Gasteiger partial charge on any atom is -0.401 e. The quantitative estimate of drug-likeness (QED) is 0.450. The normalized spacial score (nSPS) is 11.8. The van der Waals surface area contributed by atoms with Crippen LogP contribution in [0.15, 0.2) is 39.6 Å². The van der Waals surface area contributed by atoms with Crippen LogP contribution in [0.1, 0.15) is 55.6 Å². The van der Waals surface area contributed by atoms with Crippen LogP contribution in [0.3, 0.4) is 0 Å². The molecule has 0 aliphatic heterocycles. The van der Waals surface area contributed by atoms with Crippen molar-refractivity contribution in [1.82, 2.24) is 24.3 Å². The summed E-state index contributed by atoms with van der Waals surface area (Å²) in [5, 5.41) is 14.5. The van der Waals surface area contributed by atoms with Crippen LogP contribution in [0.4, 0.5) is 6.01 Å². The summed E-state index contributed by atoms with van der Waals surface area (Å²) in [6, 6.07) is 7.57. The van der Waals surface area contributed by atoms with E-state index >= 15 is 0 Å². The van der Waals surface area contributed by atoms with Crippen molar-refractivity contribution in [3.05, 3.63) is 41.6 Å². The Kier molecular flexibility index (Phi) is 7.98. The molecule has 33 heavy (non-hydrogen) atoms. The van der Waals surface area contributed by atoms with Crippen molar-refractivity contribution < 1.29 is 17.6 Å². The summed E-state index contributed by atoms with van der Waals surface area (Å²) in [7, 11) is -1.82. The molecule has 0 bridgehead atoms. The number of hydrogen-bond donors (Lipinski definition) is 1. The lowest BCUT2D eigenvalue weighted by atomic mass is 10.2. The number of amides is 1. The summed E-state index contributed by atoms with van der Waals surface area (Å²) in [5.74, 6) is -0.296. The Morgan fingerprint density at radius 2 is 1.73 bits per heavy atom. The number of hydrogen-bond acceptors (Lipinski definition) is 7. The second-order valence-electron chi connectivity index (χ2n) is 7.80. The second kappa shape index (κ2) is 10.7. The van der Waals surface area contributed by atoms with Crippen LogP contribution in [-0.2, 0) is 17.1 Å². The fourth-order valence-electron chi connectivity index (χ4n) is 3.16. The van der Waals surface area contributed by atoms with E-state index < -0.39 is 15.9 Å². The maximum absolute atomic E-state index is 13.1. The molecule has 0 spiro atoms. The lowest BCUT2D eigenvalue weighted by Crippen LogP contribution is -2.33. The number of aromatic nitrogens is 4. The van der Waals surface area contributed by atoms with Crippen LogP contribution in [0.2, 0.25) is 0 Å². The third kappa shape index (κ3) is 5.85. The van der Waals surface area contributed by atoms with Gasteiger partial charge < -0.3 is 4.42 Å². The molecule has 11 heteroatoms. The first-order valence-electron chi connectivity index (χ1n) is 11.0. The SMILES string of the molecule is CCCCN(CCCC)S(=O)(=O)c1ccc(C(=O)Nc2nnc(-c3cc(C)n(C)n3)o2)cc1. The number of nitrogens with one attached hydrogen (secondary N) is 1. The van der Waals surface area contributed by atoms with Gasteiger partial charge in [0.05, 0.1) is 4.90 Å². The highest BCUT2D eigenvalue weighted by Gasteiger charge is 2.24. The number of anilines is 1. The monoisotopic (exact) mass is 474 g/mol. The Morgan fingerprint density at radius 1 is 1.09 bits per heavy atom. The van der Waals surface area contributed by atoms with Gasteiger partial charge >= 0.3 is 6.01 Å². The van der Waals surface area contributed by atoms with Crippen LogP contribution in [0, 0.1) is 6.92 Å². The minimum absolute atomic E-state index is 0.0692. The first-order valence-corrected chi connectivity index (χ1v) is 12.5. The van der Waals surface area contributed by atoms with Crippen molar-refractivity contribution in [3.8, 4) is 11.6 Å². The van der Waals surface area contributed by atoms with Gasteiger partial charge in [-0.3, -0.25) is 14.8 Å². The molecule has 1 aromatic carbocycles. The molecular weight excluding hydrogens is 444 g/mol. The average Bonchev–Trinajstić information content (AvgIpc) is 3.40. The van der Waals surface area contributed by atoms with Crippen molar-refractivity contribution in [2.75, 3.05) is 18.4 Å². The van der Waals surface area contributed by atoms with Crippen molar-refractivity contribution in [2.24, 2.45) is 7.05 Å². The first-order chi connectivity index (χ1) is 15.8. The summed E-state index contributed by atoms with van der Waals surface area (Å²) >= 11 is 0. The van der Waals surface area contributed by atoms with E-state index in [4.69, 9.17) is 4.42 Å². The summed E-state index contributed by atoms with van der Waals surface area (Å²) in [6.07, 6.45) is 3.42. The van der Waals surface area contributed by atoms with Crippen molar-refractivity contribution in [3.63, 3.8) is 0 Å². The van der Waals surface area contributed by atoms with Crippen LogP contribution >= 0.6 is 0 Å². The van der Waals surface area contributed by atoms with E-state index in [2.05, 4.69) is 20.6 Å². The summed E-state index contributed by atoms with van der Waals surface area (Å²) < 4.78 is 34.8. The molecule has 178 valence electrons. The van der Waals surface area contributed by atoms with E-state index in [0.717, 1.165) is 31.4 Å². The fourth-order valence-corrected chi connectivity index (χ4v) is 4.68. The molecule has 0 atom stereocenters. The molecule has 0 saturated carbocycles. The van der Waals surface area contributed by atoms with E-state index in [1.165, 1.54) is 28.6 Å². The number of aryl methyl sites for hydroxylation is 2. The van der Waals surface area contributed by atoms with E-state index in [1.807, 2.05) is 20.8 Å². The molecular formula is C22H30N6O4S. The van der Waals surface area contributed by atoms with Gasteiger partial charge in [0.2, 0.25) is 10.0 Å². The Hall–Kier alpha value is -3.05. The molecule has 3 rings (SSSR count). The highest BCUT2D eigenvalue weighted by atomic mass is 32.2. The third-order valence-electron chi connectivity index (χ3n) is 5.25. The molecule has 2 heterocycles. The molecule has 0 saturated heterocycles. The zero-order chi connectivity index (χ0) is 24.0. The zero-order valence-electron chi connectivity index (χ0n) is 19.4. The Morgan fingerprint density at radius 3 is 2.27 bits per heavy atom. The Balaban J connectivity index is 1.70. The zero-order valence-corrected chi connectivity index (χ0v) is 20.2. The fraction of sp³-hybridized carbons (Fsp3) is 0.455. The summed E-state index contributed by atoms with van der Waals surface area (Å²) in [5.41, 5.74) is 1.70. The standard InChI is InChI=1S/C22H30N6O4S/c1-5-7-13-28(14-8-6-2)33(30,31)18-11-9-17(10-12-18)20(29)23-22-25-24-21(32-22)19-15-16(3)27(4)26-19/h9-12,15H,5-8,13-14H2,1-4H3,(H,23,25,29). The van der Waals surface area contributed by atoms with E-state index in [0.29, 0.717) is 18.8 Å². The molecule has 10 nitrogen and oxygen atoms in total. The van der Waals surface area contributed by atoms with E-state index in [9.17, 15) is 13.2 Å². The Bertz CT molecular complexity index is 1160. The van der Waals surface area contributed by atoms with Gasteiger partial charge in [-0.2, -0.15) is 9.40 Å². The molecule has 1 amide bonds. The van der Waals surface area contributed by atoms with Gasteiger partial charge in [-0.1, -0.05) is 31.8 Å².